The third-order valence-electron chi connectivity index (χ3n) is 2.06. The highest BCUT2D eigenvalue weighted by Gasteiger charge is 2.07. The van der Waals surface area contributed by atoms with E-state index in [-0.39, 0.29) is 0 Å². The molecule has 0 aliphatic heterocycles. The molecule has 1 aromatic carbocycles. The minimum Gasteiger partial charge on any atom is -0.384 e. The van der Waals surface area contributed by atoms with Gasteiger partial charge in [0.15, 0.2) is 0 Å². The van der Waals surface area contributed by atoms with Crippen LogP contribution in [-0.2, 0) is 0 Å². The van der Waals surface area contributed by atoms with Crippen molar-refractivity contribution in [2.75, 3.05) is 0 Å². The summed E-state index contributed by atoms with van der Waals surface area (Å²) in [6.45, 7) is 10.2. The van der Waals surface area contributed by atoms with Gasteiger partial charge in [0, 0.05) is 5.56 Å². The molecular formula is C14H18OSi. The molecule has 0 heterocycles. The van der Waals surface area contributed by atoms with E-state index < -0.39 is 14.2 Å². The quantitative estimate of drug-likeness (QED) is 0.470. The molecule has 1 atom stereocenters. The van der Waals surface area contributed by atoms with Gasteiger partial charge < -0.3 is 5.11 Å². The van der Waals surface area contributed by atoms with Crippen molar-refractivity contribution in [3.63, 3.8) is 0 Å². The Hall–Kier alpha value is -1.30. The van der Waals surface area contributed by atoms with E-state index in [2.05, 4.69) is 37.7 Å². The van der Waals surface area contributed by atoms with Crippen molar-refractivity contribution < 1.29 is 5.11 Å². The molecule has 0 radical (unpaired) electrons. The molecular weight excluding hydrogens is 212 g/mol. The molecule has 0 spiro atoms. The zero-order chi connectivity index (χ0) is 12.2. The van der Waals surface area contributed by atoms with E-state index in [0.29, 0.717) is 0 Å². The van der Waals surface area contributed by atoms with Gasteiger partial charge in [0.2, 0.25) is 0 Å². The van der Waals surface area contributed by atoms with Gasteiger partial charge in [0.05, 0.1) is 6.10 Å². The van der Waals surface area contributed by atoms with Crippen LogP contribution < -0.4 is 0 Å². The van der Waals surface area contributed by atoms with Crippen molar-refractivity contribution in [1.82, 2.24) is 0 Å². The molecule has 0 aliphatic rings. The Morgan fingerprint density at radius 3 is 2.25 bits per heavy atom. The molecule has 1 N–H and O–H groups in total. The molecule has 84 valence electrons. The summed E-state index contributed by atoms with van der Waals surface area (Å²) < 4.78 is 0. The lowest BCUT2D eigenvalue weighted by atomic mass is 10.1. The van der Waals surface area contributed by atoms with Crippen molar-refractivity contribution >= 4 is 8.07 Å². The molecule has 1 unspecified atom stereocenters. The van der Waals surface area contributed by atoms with Crippen LogP contribution >= 0.6 is 0 Å². The summed E-state index contributed by atoms with van der Waals surface area (Å²) in [6, 6.07) is 7.66. The summed E-state index contributed by atoms with van der Waals surface area (Å²) in [6.07, 6.45) is 0.932. The third-order valence-corrected chi connectivity index (χ3v) is 2.93. The molecule has 1 rings (SSSR count). The van der Waals surface area contributed by atoms with E-state index in [1.165, 1.54) is 6.08 Å². The maximum Gasteiger partial charge on any atom is 0.129 e. The molecule has 1 aromatic rings. The van der Waals surface area contributed by atoms with E-state index >= 15 is 0 Å². The molecule has 0 saturated heterocycles. The summed E-state index contributed by atoms with van der Waals surface area (Å²) in [5, 5.41) is 9.53. The van der Waals surface area contributed by atoms with Gasteiger partial charge in [-0.15, -0.1) is 12.1 Å². The average molecular weight is 230 g/mol. The summed E-state index contributed by atoms with van der Waals surface area (Å²) in [5.41, 5.74) is 5.16. The van der Waals surface area contributed by atoms with Gasteiger partial charge in [0.25, 0.3) is 0 Å². The molecule has 0 fully saturated rings. The van der Waals surface area contributed by atoms with E-state index in [1.807, 2.05) is 24.3 Å². The highest BCUT2D eigenvalue weighted by molar-refractivity contribution is 6.83. The van der Waals surface area contributed by atoms with Crippen LogP contribution in [0, 0.1) is 11.5 Å². The number of aliphatic hydroxyl groups excluding tert-OH is 1. The second kappa shape index (κ2) is 5.15. The fraction of sp³-hybridized carbons (Fsp3) is 0.286. The smallest absolute Gasteiger partial charge is 0.129 e. The second-order valence-corrected chi connectivity index (χ2v) is 9.55. The van der Waals surface area contributed by atoms with E-state index in [9.17, 15) is 5.11 Å². The first-order valence-corrected chi connectivity index (χ1v) is 8.86. The highest BCUT2D eigenvalue weighted by Crippen LogP contribution is 2.14. The first-order valence-electron chi connectivity index (χ1n) is 5.36. The zero-order valence-electron chi connectivity index (χ0n) is 10.1. The SMILES string of the molecule is C=CC(O)c1ccc(C#C[Si](C)(C)C)cc1. The predicted molar refractivity (Wildman–Crippen MR) is 71.8 cm³/mol. The molecule has 16 heavy (non-hydrogen) atoms. The lowest BCUT2D eigenvalue weighted by Crippen LogP contribution is -2.16. The van der Waals surface area contributed by atoms with Crippen molar-refractivity contribution in [2.24, 2.45) is 0 Å². The Kier molecular flexibility index (Phi) is 4.11. The van der Waals surface area contributed by atoms with Crippen LogP contribution in [0.5, 0.6) is 0 Å². The average Bonchev–Trinajstić information content (AvgIpc) is 2.25. The van der Waals surface area contributed by atoms with Crippen molar-refractivity contribution in [2.45, 2.75) is 25.7 Å². The van der Waals surface area contributed by atoms with Gasteiger partial charge in [-0.3, -0.25) is 0 Å². The summed E-state index contributed by atoms with van der Waals surface area (Å²) >= 11 is 0. The summed E-state index contributed by atoms with van der Waals surface area (Å²) in [4.78, 5) is 0. The lowest BCUT2D eigenvalue weighted by molar-refractivity contribution is 0.229. The van der Waals surface area contributed by atoms with Crippen LogP contribution in [0.4, 0.5) is 0 Å². The van der Waals surface area contributed by atoms with Gasteiger partial charge in [0.1, 0.15) is 8.07 Å². The molecule has 1 nitrogen and oxygen atoms in total. The van der Waals surface area contributed by atoms with Crippen molar-refractivity contribution in [3.05, 3.63) is 48.0 Å². The summed E-state index contributed by atoms with van der Waals surface area (Å²) in [7, 11) is -1.31. The van der Waals surface area contributed by atoms with Gasteiger partial charge >= 0.3 is 0 Å². The van der Waals surface area contributed by atoms with E-state index in [0.717, 1.165) is 11.1 Å². The fourth-order valence-corrected chi connectivity index (χ4v) is 1.68. The number of rotatable bonds is 2. The van der Waals surface area contributed by atoms with Crippen LogP contribution in [0.1, 0.15) is 17.2 Å². The molecule has 2 heteroatoms. The normalized spacial score (nSPS) is 12.5. The third kappa shape index (κ3) is 4.06. The van der Waals surface area contributed by atoms with Crippen molar-refractivity contribution in [3.8, 4) is 11.5 Å². The maximum atomic E-state index is 9.53. The van der Waals surface area contributed by atoms with E-state index in [4.69, 9.17) is 0 Å². The minimum atomic E-state index is -1.31. The topological polar surface area (TPSA) is 20.2 Å². The van der Waals surface area contributed by atoms with Crippen LogP contribution in [0.2, 0.25) is 19.6 Å². The maximum absolute atomic E-state index is 9.53. The van der Waals surface area contributed by atoms with Crippen LogP contribution in [0.15, 0.2) is 36.9 Å². The molecule has 0 saturated carbocycles. The number of aliphatic hydroxyl groups is 1. The van der Waals surface area contributed by atoms with Gasteiger partial charge in [-0.05, 0) is 17.7 Å². The summed E-state index contributed by atoms with van der Waals surface area (Å²) in [5.74, 6) is 3.17. The van der Waals surface area contributed by atoms with Crippen LogP contribution in [0.25, 0.3) is 0 Å². The number of hydrogen-bond donors (Lipinski definition) is 1. The minimum absolute atomic E-state index is 0.584. The van der Waals surface area contributed by atoms with Gasteiger partial charge in [-0.2, -0.15) is 0 Å². The molecule has 0 bridgehead atoms. The Bertz CT molecular complexity index is 415. The molecule has 0 aromatic heterocycles. The predicted octanol–water partition coefficient (Wildman–Crippen LogP) is 3.13. The first-order chi connectivity index (χ1) is 7.42. The van der Waals surface area contributed by atoms with Gasteiger partial charge in [-0.25, -0.2) is 0 Å². The second-order valence-electron chi connectivity index (χ2n) is 4.80. The Labute approximate surface area is 98.8 Å². The Balaban J connectivity index is 2.86. The van der Waals surface area contributed by atoms with Gasteiger partial charge in [-0.1, -0.05) is 43.8 Å². The Morgan fingerprint density at radius 2 is 1.81 bits per heavy atom. The van der Waals surface area contributed by atoms with Crippen molar-refractivity contribution in [1.29, 1.82) is 0 Å². The fourth-order valence-electron chi connectivity index (χ4n) is 1.16. The molecule has 0 amide bonds. The van der Waals surface area contributed by atoms with Crippen LogP contribution in [0.3, 0.4) is 0 Å². The number of benzene rings is 1. The highest BCUT2D eigenvalue weighted by atomic mass is 28.3. The Morgan fingerprint density at radius 1 is 1.25 bits per heavy atom. The number of hydrogen-bond acceptors (Lipinski definition) is 1. The monoisotopic (exact) mass is 230 g/mol. The lowest BCUT2D eigenvalue weighted by Gasteiger charge is -2.05. The first kappa shape index (κ1) is 12.8. The van der Waals surface area contributed by atoms with Crippen LogP contribution in [-0.4, -0.2) is 13.2 Å². The molecule has 0 aliphatic carbocycles. The van der Waals surface area contributed by atoms with E-state index in [1.54, 1.807) is 0 Å². The zero-order valence-corrected chi connectivity index (χ0v) is 11.1. The standard InChI is InChI=1S/C14H18OSi/c1-5-14(15)13-8-6-12(7-9-13)10-11-16(2,3)4/h5-9,14-15H,1H2,2-4H3. The largest absolute Gasteiger partial charge is 0.384 e.